The number of rotatable bonds is 0. The van der Waals surface area contributed by atoms with Crippen molar-refractivity contribution in [1.29, 1.82) is 0 Å². The zero-order chi connectivity index (χ0) is 0. The van der Waals surface area contributed by atoms with Crippen molar-refractivity contribution >= 4 is 80.9 Å². The van der Waals surface area contributed by atoms with Crippen molar-refractivity contribution in [3.63, 3.8) is 0 Å². The van der Waals surface area contributed by atoms with Gasteiger partial charge in [0.2, 0.25) is 0 Å². The van der Waals surface area contributed by atoms with Crippen LogP contribution >= 0.6 is 12.4 Å². The van der Waals surface area contributed by atoms with Crippen LogP contribution in [0.5, 0.6) is 0 Å². The molecule has 0 radical (unpaired) electrons. The molecule has 0 saturated carbocycles. The first-order chi connectivity index (χ1) is 0. The smallest absolute Gasteiger partial charge is 1.00 e. The summed E-state index contributed by atoms with van der Waals surface area (Å²) < 4.78 is 0. The second kappa shape index (κ2) is 17.8. The zero-order valence-electron chi connectivity index (χ0n) is 6.32. The Balaban J connectivity index is 0. The van der Waals surface area contributed by atoms with Gasteiger partial charge in [-0.1, -0.05) is 0 Å². The Morgan fingerprint density at radius 2 is 1.25 bits per heavy atom. The van der Waals surface area contributed by atoms with E-state index < -0.39 is 0 Å². The molecule has 0 unspecified atom stereocenters. The largest absolute Gasteiger partial charge is 2.00 e. The summed E-state index contributed by atoms with van der Waals surface area (Å²) in [5.41, 5.74) is 0. The molecule has 0 rings (SSSR count). The maximum absolute atomic E-state index is 0. The number of halogens is 1. The molecule has 0 spiro atoms. The van der Waals surface area contributed by atoms with Crippen LogP contribution in [0.4, 0.5) is 0 Å². The van der Waals surface area contributed by atoms with E-state index in [-0.39, 0.29) is 92.1 Å². The minimum absolute atomic E-state index is 0. The van der Waals surface area contributed by atoms with E-state index in [1.807, 2.05) is 0 Å². The molecule has 0 aromatic heterocycles. The molecule has 0 aliphatic carbocycles. The van der Waals surface area contributed by atoms with Crippen molar-refractivity contribution in [3.8, 4) is 0 Å². The SMILES string of the molecule is Cl.O.[H-].[H-].[H-].[H-].[Mg+2].[Sr+2]. The minimum Gasteiger partial charge on any atom is -1.00 e. The zero-order valence-corrected chi connectivity index (χ0v) is 8.03. The second-order valence-corrected chi connectivity index (χ2v) is 0. The van der Waals surface area contributed by atoms with Gasteiger partial charge in [0.25, 0.3) is 0 Å². The third kappa shape index (κ3) is 8.82. The average Bonchev–Trinajstić information content (AvgIpc) is 0. The number of hydrogen-bond acceptors (Lipinski definition) is 0. The molecule has 0 aromatic rings. The fourth-order valence-corrected chi connectivity index (χ4v) is 0. The molecule has 0 atom stereocenters. The van der Waals surface area contributed by atoms with Gasteiger partial charge in [0, 0.05) is 0 Å². The Morgan fingerprint density at radius 3 is 1.25 bits per heavy atom. The number of hydrogen-bond donors (Lipinski definition) is 0. The van der Waals surface area contributed by atoms with Gasteiger partial charge in [-0.25, -0.2) is 0 Å². The van der Waals surface area contributed by atoms with Gasteiger partial charge in [0.15, 0.2) is 0 Å². The molecule has 0 amide bonds. The summed E-state index contributed by atoms with van der Waals surface area (Å²) in [7, 11) is 0. The monoisotopic (exact) mass is 170 g/mol. The van der Waals surface area contributed by atoms with Crippen LogP contribution in [0.15, 0.2) is 0 Å². The summed E-state index contributed by atoms with van der Waals surface area (Å²) in [5, 5.41) is 0. The van der Waals surface area contributed by atoms with E-state index in [2.05, 4.69) is 0 Å². The standard InChI is InChI=1S/ClH.Mg.H2O.Sr.4H/h1H;;1H2;;;;;/q;+2;;+2;4*-1. The van der Waals surface area contributed by atoms with Gasteiger partial charge < -0.3 is 11.2 Å². The molecule has 0 aliphatic heterocycles. The molecule has 0 heterocycles. The van der Waals surface area contributed by atoms with Crippen molar-refractivity contribution in [2.45, 2.75) is 0 Å². The summed E-state index contributed by atoms with van der Waals surface area (Å²) >= 11 is 0. The average molecular weight is 170 g/mol. The molecule has 4 heteroatoms. The maximum Gasteiger partial charge on any atom is 2.00 e. The molecule has 4 heavy (non-hydrogen) atoms. The van der Waals surface area contributed by atoms with Gasteiger partial charge in [0.05, 0.1) is 0 Å². The Labute approximate surface area is 90.6 Å². The van der Waals surface area contributed by atoms with E-state index >= 15 is 0 Å². The summed E-state index contributed by atoms with van der Waals surface area (Å²) in [4.78, 5) is 0. The molecule has 1 nitrogen and oxygen atoms in total. The van der Waals surface area contributed by atoms with Crippen LogP contribution in [0.2, 0.25) is 0 Å². The molecule has 0 bridgehead atoms. The van der Waals surface area contributed by atoms with Crippen molar-refractivity contribution in [3.05, 3.63) is 0 Å². The van der Waals surface area contributed by atoms with Crippen molar-refractivity contribution < 1.29 is 11.2 Å². The quantitative estimate of drug-likeness (QED) is 0.430. The Bertz CT molecular complexity index is 16.0. The van der Waals surface area contributed by atoms with Gasteiger partial charge in [-0.2, -0.15) is 0 Å². The second-order valence-electron chi connectivity index (χ2n) is 0. The summed E-state index contributed by atoms with van der Waals surface area (Å²) in [6, 6.07) is 0. The third-order valence-electron chi connectivity index (χ3n) is 0. The van der Waals surface area contributed by atoms with E-state index in [9.17, 15) is 0 Å². The van der Waals surface area contributed by atoms with E-state index in [4.69, 9.17) is 0 Å². The molecule has 24 valence electrons. The summed E-state index contributed by atoms with van der Waals surface area (Å²) in [6.45, 7) is 0. The van der Waals surface area contributed by atoms with E-state index in [0.29, 0.717) is 0 Å². The van der Waals surface area contributed by atoms with Crippen LogP contribution in [-0.4, -0.2) is 74.0 Å². The van der Waals surface area contributed by atoms with Gasteiger partial charge in [-0.3, -0.25) is 0 Å². The first-order valence-corrected chi connectivity index (χ1v) is 0. The van der Waals surface area contributed by atoms with Crippen molar-refractivity contribution in [1.82, 2.24) is 0 Å². The normalized spacial score (nSPS) is 0. The molecule has 0 fully saturated rings. The van der Waals surface area contributed by atoms with E-state index in [0.717, 1.165) is 0 Å². The van der Waals surface area contributed by atoms with Crippen LogP contribution in [0, 0.1) is 0 Å². The molecule has 2 N–H and O–H groups in total. The van der Waals surface area contributed by atoms with Crippen LogP contribution < -0.4 is 0 Å². The molecule has 0 aromatic carbocycles. The fourth-order valence-electron chi connectivity index (χ4n) is 0. The van der Waals surface area contributed by atoms with Crippen LogP contribution in [0.3, 0.4) is 0 Å². The van der Waals surface area contributed by atoms with Gasteiger partial charge in [0.1, 0.15) is 0 Å². The maximum atomic E-state index is 0. The van der Waals surface area contributed by atoms with Crippen LogP contribution in [0.25, 0.3) is 0 Å². The molecule has 0 saturated heterocycles. The van der Waals surface area contributed by atoms with E-state index in [1.165, 1.54) is 0 Å². The first kappa shape index (κ1) is 31.5. The minimum atomic E-state index is 0. The Kier molecular flexibility index (Phi) is 140. The van der Waals surface area contributed by atoms with E-state index in [1.54, 1.807) is 0 Å². The molecule has 0 aliphatic rings. The fraction of sp³-hybridized carbons (Fsp3) is 0. The topological polar surface area (TPSA) is 31.5 Å². The summed E-state index contributed by atoms with van der Waals surface area (Å²) in [5.74, 6) is 0. The Hall–Kier alpha value is 2.50. The predicted molar refractivity (Wildman–Crippen MR) is 26.8 cm³/mol. The van der Waals surface area contributed by atoms with Gasteiger partial charge >= 0.3 is 68.5 Å². The van der Waals surface area contributed by atoms with Crippen molar-refractivity contribution in [2.24, 2.45) is 0 Å². The van der Waals surface area contributed by atoms with Crippen LogP contribution in [-0.2, 0) is 0 Å². The summed E-state index contributed by atoms with van der Waals surface area (Å²) in [6.07, 6.45) is 0. The molecular weight excluding hydrogens is 163 g/mol. The first-order valence-electron chi connectivity index (χ1n) is 0. The Morgan fingerprint density at radius 1 is 1.25 bits per heavy atom. The van der Waals surface area contributed by atoms with Crippen molar-refractivity contribution in [2.75, 3.05) is 0 Å². The predicted octanol–water partition coefficient (Wildman–Crippen LogP) is -0.714. The third-order valence-corrected chi connectivity index (χ3v) is 0. The van der Waals surface area contributed by atoms with Crippen LogP contribution in [0.1, 0.15) is 5.71 Å². The molecular formula is H7ClMgOSr. The van der Waals surface area contributed by atoms with Gasteiger partial charge in [-0.15, -0.1) is 12.4 Å². The van der Waals surface area contributed by atoms with Gasteiger partial charge in [-0.05, 0) is 0 Å².